The number of nitrogens with zero attached hydrogens (tertiary/aromatic N) is 1. The monoisotopic (exact) mass is 458 g/mol. The molecule has 32 heavy (non-hydrogen) atoms. The van der Waals surface area contributed by atoms with E-state index < -0.39 is 6.04 Å². The van der Waals surface area contributed by atoms with E-state index in [9.17, 15) is 9.59 Å². The summed E-state index contributed by atoms with van der Waals surface area (Å²) in [5.74, 6) is 0.899. The van der Waals surface area contributed by atoms with E-state index in [-0.39, 0.29) is 24.5 Å². The molecule has 1 saturated carbocycles. The third kappa shape index (κ3) is 6.39. The molecule has 0 unspecified atom stereocenters. The molecule has 1 N–H and O–H groups in total. The zero-order chi connectivity index (χ0) is 23.1. The Morgan fingerprint density at radius 3 is 2.41 bits per heavy atom. The summed E-state index contributed by atoms with van der Waals surface area (Å²) in [6.45, 7) is 3.77. The van der Waals surface area contributed by atoms with E-state index in [4.69, 9.17) is 21.1 Å². The Kier molecular flexibility index (Phi) is 8.39. The Hall–Kier alpha value is -2.73. The van der Waals surface area contributed by atoms with Crippen molar-refractivity contribution in [2.45, 2.75) is 58.2 Å². The van der Waals surface area contributed by atoms with Gasteiger partial charge in [0.15, 0.2) is 6.61 Å². The van der Waals surface area contributed by atoms with E-state index >= 15 is 0 Å². The van der Waals surface area contributed by atoms with Crippen molar-refractivity contribution in [3.63, 3.8) is 0 Å². The van der Waals surface area contributed by atoms with E-state index in [1.54, 1.807) is 37.1 Å². The van der Waals surface area contributed by atoms with Crippen LogP contribution in [0, 0.1) is 6.92 Å². The predicted octanol–water partition coefficient (Wildman–Crippen LogP) is 4.51. The molecule has 0 aromatic heterocycles. The molecule has 172 valence electrons. The fourth-order valence-electron chi connectivity index (χ4n) is 3.84. The van der Waals surface area contributed by atoms with E-state index in [0.717, 1.165) is 42.6 Å². The Morgan fingerprint density at radius 1 is 1.12 bits per heavy atom. The van der Waals surface area contributed by atoms with Gasteiger partial charge in [-0.3, -0.25) is 9.59 Å². The largest absolute Gasteiger partial charge is 0.497 e. The molecular formula is C25H31ClN2O4. The molecule has 1 aliphatic rings. The molecule has 0 spiro atoms. The van der Waals surface area contributed by atoms with Gasteiger partial charge >= 0.3 is 0 Å². The number of halogens is 1. The second-order valence-electron chi connectivity index (χ2n) is 8.24. The molecule has 2 amide bonds. The van der Waals surface area contributed by atoms with Crippen molar-refractivity contribution in [1.82, 2.24) is 10.2 Å². The third-order valence-electron chi connectivity index (χ3n) is 5.87. The number of nitrogens with one attached hydrogen (secondary N) is 1. The van der Waals surface area contributed by atoms with Crippen LogP contribution in [0.4, 0.5) is 0 Å². The Labute approximate surface area is 194 Å². The minimum Gasteiger partial charge on any atom is -0.497 e. The first-order valence-electron chi connectivity index (χ1n) is 11.0. The zero-order valence-corrected chi connectivity index (χ0v) is 19.7. The number of carbonyl (C=O) groups excluding carboxylic acids is 2. The lowest BCUT2D eigenvalue weighted by atomic mass is 10.1. The number of rotatable bonds is 9. The standard InChI is InChI=1S/C25H31ClN2O4/c1-17-14-22(12-13-23(17)26)32-16-24(29)28(15-19-8-10-21(31-3)11-9-19)18(2)25(30)27-20-6-4-5-7-20/h8-14,18,20H,4-7,15-16H2,1-3H3,(H,27,30)/t18-/m1/s1. The summed E-state index contributed by atoms with van der Waals surface area (Å²) in [6, 6.07) is 12.3. The predicted molar refractivity (Wildman–Crippen MR) is 125 cm³/mol. The first-order chi connectivity index (χ1) is 15.4. The second kappa shape index (κ2) is 11.2. The maximum Gasteiger partial charge on any atom is 0.261 e. The summed E-state index contributed by atoms with van der Waals surface area (Å²) < 4.78 is 10.9. The van der Waals surface area contributed by atoms with Crippen LogP contribution in [0.3, 0.4) is 0 Å². The van der Waals surface area contributed by atoms with E-state index in [1.807, 2.05) is 31.2 Å². The smallest absolute Gasteiger partial charge is 0.261 e. The number of methoxy groups -OCH3 is 1. The van der Waals surface area contributed by atoms with Crippen molar-refractivity contribution in [2.24, 2.45) is 0 Å². The van der Waals surface area contributed by atoms with Crippen LogP contribution in [0.25, 0.3) is 0 Å². The van der Waals surface area contributed by atoms with Crippen molar-refractivity contribution in [3.8, 4) is 11.5 Å². The van der Waals surface area contributed by atoms with Crippen LogP contribution >= 0.6 is 11.6 Å². The maximum absolute atomic E-state index is 13.1. The average molecular weight is 459 g/mol. The van der Waals surface area contributed by atoms with Gasteiger partial charge in [-0.05, 0) is 68.1 Å². The summed E-state index contributed by atoms with van der Waals surface area (Å²) in [7, 11) is 1.61. The number of hydrogen-bond donors (Lipinski definition) is 1. The van der Waals surface area contributed by atoms with Crippen LogP contribution in [0.2, 0.25) is 5.02 Å². The molecule has 2 aromatic rings. The summed E-state index contributed by atoms with van der Waals surface area (Å²) in [6.07, 6.45) is 4.23. The highest BCUT2D eigenvalue weighted by Crippen LogP contribution is 2.22. The van der Waals surface area contributed by atoms with Gasteiger partial charge in [-0.1, -0.05) is 36.6 Å². The molecule has 1 fully saturated rings. The number of carbonyl (C=O) groups is 2. The fourth-order valence-corrected chi connectivity index (χ4v) is 3.95. The number of benzene rings is 2. The van der Waals surface area contributed by atoms with Crippen LogP contribution in [0.15, 0.2) is 42.5 Å². The molecule has 7 heteroatoms. The van der Waals surface area contributed by atoms with Crippen LogP contribution < -0.4 is 14.8 Å². The minimum atomic E-state index is -0.624. The molecule has 2 aromatic carbocycles. The summed E-state index contributed by atoms with van der Waals surface area (Å²) in [5.41, 5.74) is 1.78. The van der Waals surface area contributed by atoms with Gasteiger partial charge < -0.3 is 19.7 Å². The van der Waals surface area contributed by atoms with Crippen LogP contribution in [0.1, 0.15) is 43.7 Å². The number of hydrogen-bond acceptors (Lipinski definition) is 4. The van der Waals surface area contributed by atoms with Crippen LogP contribution in [-0.4, -0.2) is 42.5 Å². The van der Waals surface area contributed by atoms with E-state index in [0.29, 0.717) is 17.3 Å². The first-order valence-corrected chi connectivity index (χ1v) is 11.4. The fraction of sp³-hybridized carbons (Fsp3) is 0.440. The van der Waals surface area contributed by atoms with Gasteiger partial charge in [0, 0.05) is 17.6 Å². The maximum atomic E-state index is 13.1. The Bertz CT molecular complexity index is 926. The quantitative estimate of drug-likeness (QED) is 0.600. The number of ether oxygens (including phenoxy) is 2. The van der Waals surface area contributed by atoms with Gasteiger partial charge in [-0.15, -0.1) is 0 Å². The van der Waals surface area contributed by atoms with Gasteiger partial charge in [-0.2, -0.15) is 0 Å². The highest BCUT2D eigenvalue weighted by atomic mass is 35.5. The molecule has 6 nitrogen and oxygen atoms in total. The van der Waals surface area contributed by atoms with Crippen molar-refractivity contribution in [3.05, 3.63) is 58.6 Å². The molecule has 3 rings (SSSR count). The van der Waals surface area contributed by atoms with E-state index in [1.165, 1.54) is 0 Å². The van der Waals surface area contributed by atoms with Crippen molar-refractivity contribution in [2.75, 3.05) is 13.7 Å². The van der Waals surface area contributed by atoms with E-state index in [2.05, 4.69) is 5.32 Å². The molecule has 0 heterocycles. The summed E-state index contributed by atoms with van der Waals surface area (Å²) in [4.78, 5) is 27.6. The van der Waals surface area contributed by atoms with Crippen molar-refractivity contribution in [1.29, 1.82) is 0 Å². The zero-order valence-electron chi connectivity index (χ0n) is 18.9. The van der Waals surface area contributed by atoms with Crippen LogP contribution in [-0.2, 0) is 16.1 Å². The van der Waals surface area contributed by atoms with Gasteiger partial charge in [-0.25, -0.2) is 0 Å². The lowest BCUT2D eigenvalue weighted by Crippen LogP contribution is -2.50. The molecule has 0 bridgehead atoms. The average Bonchev–Trinajstić information content (AvgIpc) is 3.31. The molecule has 1 atom stereocenters. The first kappa shape index (κ1) is 23.9. The summed E-state index contributed by atoms with van der Waals surface area (Å²) in [5, 5.41) is 3.74. The molecule has 0 saturated heterocycles. The third-order valence-corrected chi connectivity index (χ3v) is 6.30. The van der Waals surface area contributed by atoms with Gasteiger partial charge in [0.1, 0.15) is 17.5 Å². The Balaban J connectivity index is 1.71. The van der Waals surface area contributed by atoms with Crippen molar-refractivity contribution < 1.29 is 19.1 Å². The SMILES string of the molecule is COc1ccc(CN(C(=O)COc2ccc(Cl)c(C)c2)[C@H](C)C(=O)NC2CCCC2)cc1. The van der Waals surface area contributed by atoms with Gasteiger partial charge in [0.2, 0.25) is 5.91 Å². The number of aryl methyl sites for hydroxylation is 1. The number of amides is 2. The van der Waals surface area contributed by atoms with Crippen molar-refractivity contribution >= 4 is 23.4 Å². The molecular weight excluding hydrogens is 428 g/mol. The lowest BCUT2D eigenvalue weighted by molar-refractivity contribution is -0.142. The highest BCUT2D eigenvalue weighted by molar-refractivity contribution is 6.31. The Morgan fingerprint density at radius 2 is 1.78 bits per heavy atom. The van der Waals surface area contributed by atoms with Crippen LogP contribution in [0.5, 0.6) is 11.5 Å². The molecule has 0 radical (unpaired) electrons. The lowest BCUT2D eigenvalue weighted by Gasteiger charge is -2.29. The second-order valence-corrected chi connectivity index (χ2v) is 8.64. The topological polar surface area (TPSA) is 67.9 Å². The summed E-state index contributed by atoms with van der Waals surface area (Å²) >= 11 is 6.07. The minimum absolute atomic E-state index is 0.138. The molecule has 1 aliphatic carbocycles. The normalized spacial score (nSPS) is 14.6. The molecule has 0 aliphatic heterocycles. The van der Waals surface area contributed by atoms with Gasteiger partial charge in [0.05, 0.1) is 7.11 Å². The highest BCUT2D eigenvalue weighted by Gasteiger charge is 2.28. The van der Waals surface area contributed by atoms with Gasteiger partial charge in [0.25, 0.3) is 5.91 Å².